The molecule has 6 heteroatoms. The van der Waals surface area contributed by atoms with Crippen molar-refractivity contribution in [3.05, 3.63) is 53.9 Å². The van der Waals surface area contributed by atoms with Crippen LogP contribution in [0.5, 0.6) is 0 Å². The van der Waals surface area contributed by atoms with Gasteiger partial charge < -0.3 is 14.6 Å². The number of ether oxygens (including phenoxy) is 1. The van der Waals surface area contributed by atoms with Crippen molar-refractivity contribution < 1.29 is 9.53 Å². The van der Waals surface area contributed by atoms with Gasteiger partial charge in [-0.3, -0.25) is 4.79 Å². The molecule has 0 aliphatic heterocycles. The number of rotatable bonds is 7. The van der Waals surface area contributed by atoms with E-state index in [2.05, 4.69) is 20.9 Å². The number of benzene rings is 2. The maximum Gasteiger partial charge on any atom is 0.237 e. The number of hydrogen-bond acceptors (Lipinski definition) is 4. The van der Waals surface area contributed by atoms with Gasteiger partial charge in [-0.15, -0.1) is 0 Å². The molecule has 2 aromatic carbocycles. The molecule has 3 aromatic rings. The Kier molecular flexibility index (Phi) is 6.19. The van der Waals surface area contributed by atoms with E-state index in [-0.39, 0.29) is 11.2 Å². The van der Waals surface area contributed by atoms with Gasteiger partial charge in [-0.1, -0.05) is 42.1 Å². The van der Waals surface area contributed by atoms with Crippen LogP contribution in [0.4, 0.5) is 5.69 Å². The summed E-state index contributed by atoms with van der Waals surface area (Å²) in [6.45, 7) is 7.28. The summed E-state index contributed by atoms with van der Waals surface area (Å²) in [5, 5.41) is 5.87. The molecule has 1 atom stereocenters. The van der Waals surface area contributed by atoms with Crippen LogP contribution in [-0.2, 0) is 16.1 Å². The second-order valence-electron chi connectivity index (χ2n) is 6.52. The third-order valence-electron chi connectivity index (χ3n) is 4.61. The first-order chi connectivity index (χ1) is 13.0. The minimum atomic E-state index is -0.265. The van der Waals surface area contributed by atoms with Gasteiger partial charge in [0.05, 0.1) is 17.6 Å². The predicted molar refractivity (Wildman–Crippen MR) is 111 cm³/mol. The number of imidazole rings is 1. The van der Waals surface area contributed by atoms with E-state index in [1.54, 1.807) is 7.11 Å². The van der Waals surface area contributed by atoms with Crippen molar-refractivity contribution in [2.75, 3.05) is 19.0 Å². The first-order valence-electron chi connectivity index (χ1n) is 8.98. The Hall–Kier alpha value is -2.31. The molecule has 1 aromatic heterocycles. The fourth-order valence-corrected chi connectivity index (χ4v) is 3.91. The number of carbonyl (C=O) groups excluding carboxylic acids is 1. The zero-order valence-corrected chi connectivity index (χ0v) is 17.0. The van der Waals surface area contributed by atoms with Gasteiger partial charge in [0.2, 0.25) is 5.91 Å². The first kappa shape index (κ1) is 19.5. The van der Waals surface area contributed by atoms with Crippen molar-refractivity contribution in [1.82, 2.24) is 9.55 Å². The summed E-state index contributed by atoms with van der Waals surface area (Å²) in [4.78, 5) is 17.3. The van der Waals surface area contributed by atoms with Gasteiger partial charge in [0.25, 0.3) is 0 Å². The van der Waals surface area contributed by atoms with Crippen molar-refractivity contribution in [3.63, 3.8) is 0 Å². The highest BCUT2D eigenvalue weighted by Crippen LogP contribution is 2.26. The van der Waals surface area contributed by atoms with Crippen LogP contribution in [0.1, 0.15) is 18.3 Å². The molecular weight excluding hydrogens is 358 g/mol. The molecule has 0 aliphatic carbocycles. The standard InChI is InChI=1S/C21H25N3O2S/c1-14-15(2)24(11-12-26-4)21(22-14)27-16(3)20(25)23-19-10-9-17-7-5-6-8-18(17)13-19/h5-10,13,16H,11-12H2,1-4H3,(H,23,25). The fraction of sp³-hybridized carbons (Fsp3) is 0.333. The van der Waals surface area contributed by atoms with E-state index in [1.165, 1.54) is 11.8 Å². The zero-order valence-electron chi connectivity index (χ0n) is 16.2. The fourth-order valence-electron chi connectivity index (χ4n) is 2.88. The summed E-state index contributed by atoms with van der Waals surface area (Å²) in [5.74, 6) is -0.0353. The number of aromatic nitrogens is 2. The Morgan fingerprint density at radius 1 is 1.22 bits per heavy atom. The molecule has 1 unspecified atom stereocenters. The molecule has 0 saturated heterocycles. The van der Waals surface area contributed by atoms with E-state index in [0.717, 1.165) is 39.5 Å². The zero-order chi connectivity index (χ0) is 19.4. The van der Waals surface area contributed by atoms with E-state index in [9.17, 15) is 4.79 Å². The largest absolute Gasteiger partial charge is 0.383 e. The van der Waals surface area contributed by atoms with Gasteiger partial charge in [0.1, 0.15) is 0 Å². The van der Waals surface area contributed by atoms with Gasteiger partial charge in [-0.05, 0) is 43.7 Å². The number of methoxy groups -OCH3 is 1. The van der Waals surface area contributed by atoms with Crippen LogP contribution < -0.4 is 5.32 Å². The summed E-state index contributed by atoms with van der Waals surface area (Å²) in [6, 6.07) is 14.1. The van der Waals surface area contributed by atoms with E-state index < -0.39 is 0 Å². The number of fused-ring (bicyclic) bond motifs is 1. The van der Waals surface area contributed by atoms with Crippen LogP contribution in [0.15, 0.2) is 47.6 Å². The summed E-state index contributed by atoms with van der Waals surface area (Å²) in [6.07, 6.45) is 0. The van der Waals surface area contributed by atoms with Gasteiger partial charge in [-0.25, -0.2) is 4.98 Å². The maximum absolute atomic E-state index is 12.7. The third kappa shape index (κ3) is 4.51. The smallest absolute Gasteiger partial charge is 0.237 e. The molecule has 0 aliphatic rings. The summed E-state index contributed by atoms with van der Waals surface area (Å²) >= 11 is 1.47. The summed E-state index contributed by atoms with van der Waals surface area (Å²) in [5.41, 5.74) is 2.90. The number of thioether (sulfide) groups is 1. The van der Waals surface area contributed by atoms with Gasteiger partial charge in [-0.2, -0.15) is 0 Å². The van der Waals surface area contributed by atoms with Gasteiger partial charge in [0, 0.05) is 25.0 Å². The van der Waals surface area contributed by atoms with Gasteiger partial charge >= 0.3 is 0 Å². The van der Waals surface area contributed by atoms with Crippen molar-refractivity contribution in [3.8, 4) is 0 Å². The number of amides is 1. The summed E-state index contributed by atoms with van der Waals surface area (Å²) in [7, 11) is 1.69. The van der Waals surface area contributed by atoms with E-state index in [1.807, 2.05) is 57.2 Å². The van der Waals surface area contributed by atoms with E-state index >= 15 is 0 Å². The normalized spacial score (nSPS) is 12.3. The molecule has 5 nitrogen and oxygen atoms in total. The van der Waals surface area contributed by atoms with Crippen LogP contribution in [-0.4, -0.2) is 34.4 Å². The lowest BCUT2D eigenvalue weighted by molar-refractivity contribution is -0.115. The molecule has 0 saturated carbocycles. The van der Waals surface area contributed by atoms with Crippen LogP contribution in [0, 0.1) is 13.8 Å². The minimum Gasteiger partial charge on any atom is -0.383 e. The number of hydrogen-bond donors (Lipinski definition) is 1. The molecule has 0 spiro atoms. The Bertz CT molecular complexity index is 952. The highest BCUT2D eigenvalue weighted by Gasteiger charge is 2.20. The maximum atomic E-state index is 12.7. The minimum absolute atomic E-state index is 0.0353. The Morgan fingerprint density at radius 2 is 1.96 bits per heavy atom. The van der Waals surface area contributed by atoms with Crippen LogP contribution in [0.2, 0.25) is 0 Å². The van der Waals surface area contributed by atoms with Crippen molar-refractivity contribution in [1.29, 1.82) is 0 Å². The number of carbonyl (C=O) groups is 1. The second-order valence-corrected chi connectivity index (χ2v) is 7.83. The topological polar surface area (TPSA) is 56.1 Å². The molecule has 0 fully saturated rings. The van der Waals surface area contributed by atoms with Crippen molar-refractivity contribution in [2.24, 2.45) is 0 Å². The number of nitrogens with zero attached hydrogens (tertiary/aromatic N) is 2. The Morgan fingerprint density at radius 3 is 2.70 bits per heavy atom. The molecule has 0 radical (unpaired) electrons. The molecule has 1 heterocycles. The average molecular weight is 384 g/mol. The summed E-state index contributed by atoms with van der Waals surface area (Å²) < 4.78 is 7.31. The second kappa shape index (κ2) is 8.59. The average Bonchev–Trinajstić information content (AvgIpc) is 2.93. The molecule has 1 N–H and O–H groups in total. The molecule has 27 heavy (non-hydrogen) atoms. The molecule has 1 amide bonds. The van der Waals surface area contributed by atoms with Crippen LogP contribution in [0.3, 0.4) is 0 Å². The van der Waals surface area contributed by atoms with Crippen LogP contribution >= 0.6 is 11.8 Å². The van der Waals surface area contributed by atoms with Crippen LogP contribution in [0.25, 0.3) is 10.8 Å². The molecule has 0 bridgehead atoms. The quantitative estimate of drug-likeness (QED) is 0.614. The number of nitrogens with one attached hydrogen (secondary N) is 1. The monoisotopic (exact) mass is 383 g/mol. The van der Waals surface area contributed by atoms with E-state index in [4.69, 9.17) is 4.74 Å². The third-order valence-corrected chi connectivity index (χ3v) is 5.70. The highest BCUT2D eigenvalue weighted by molar-refractivity contribution is 8.00. The first-order valence-corrected chi connectivity index (χ1v) is 9.86. The number of anilines is 1. The van der Waals surface area contributed by atoms with Gasteiger partial charge in [0.15, 0.2) is 5.16 Å². The highest BCUT2D eigenvalue weighted by atomic mass is 32.2. The lowest BCUT2D eigenvalue weighted by Gasteiger charge is -2.14. The Balaban J connectivity index is 1.71. The van der Waals surface area contributed by atoms with Crippen molar-refractivity contribution >= 4 is 34.1 Å². The predicted octanol–water partition coefficient (Wildman–Crippen LogP) is 4.42. The molecule has 3 rings (SSSR count). The van der Waals surface area contributed by atoms with Crippen molar-refractivity contribution in [2.45, 2.75) is 37.7 Å². The Labute approximate surface area is 164 Å². The lowest BCUT2D eigenvalue weighted by Crippen LogP contribution is -2.23. The SMILES string of the molecule is COCCn1c(SC(C)C(=O)Nc2ccc3ccccc3c2)nc(C)c1C. The lowest BCUT2D eigenvalue weighted by atomic mass is 10.1. The molecule has 142 valence electrons. The van der Waals surface area contributed by atoms with E-state index in [0.29, 0.717) is 6.61 Å². The molecular formula is C21H25N3O2S. The number of aryl methyl sites for hydroxylation is 1.